The molecule has 0 aliphatic rings. The average Bonchev–Trinajstić information content (AvgIpc) is 3.30. The Hall–Kier alpha value is -5.34. The summed E-state index contributed by atoms with van der Waals surface area (Å²) in [5.74, 6) is 1.30. The van der Waals surface area contributed by atoms with Crippen LogP contribution in [0.4, 0.5) is 8.78 Å². The van der Waals surface area contributed by atoms with Gasteiger partial charge in [0.15, 0.2) is 11.6 Å². The molecule has 1 heterocycles. The van der Waals surface area contributed by atoms with Gasteiger partial charge in [-0.25, -0.2) is 8.78 Å². The molecule has 39 heavy (non-hydrogen) atoms. The monoisotopic (exact) mass is 511 g/mol. The molecule has 0 amide bonds. The van der Waals surface area contributed by atoms with Crippen LogP contribution in [0, 0.1) is 24.0 Å². The van der Waals surface area contributed by atoms with Gasteiger partial charge in [0.05, 0.1) is 11.0 Å². The predicted molar refractivity (Wildman–Crippen MR) is 148 cm³/mol. The highest BCUT2D eigenvalue weighted by Crippen LogP contribution is 2.34. The third kappa shape index (κ3) is 4.28. The van der Waals surface area contributed by atoms with Crippen molar-refractivity contribution in [1.29, 1.82) is 0 Å². The topological polar surface area (TPSA) is 39.1 Å². The third-order valence-electron chi connectivity index (χ3n) is 6.79. The molecule has 0 spiro atoms. The SMILES string of the molecule is C#Cc1ccc(-n2c3ccc(C(=O)c4ccc(F)cc4)cc3c3cc(C(=O)c4ccc(F)cc4)ccc32)cc1. The van der Waals surface area contributed by atoms with Gasteiger partial charge >= 0.3 is 0 Å². The first-order valence-corrected chi connectivity index (χ1v) is 12.2. The Kier molecular flexibility index (Phi) is 5.86. The number of aromatic nitrogens is 1. The smallest absolute Gasteiger partial charge is 0.193 e. The normalized spacial score (nSPS) is 11.0. The van der Waals surface area contributed by atoms with Crippen LogP contribution in [0.3, 0.4) is 0 Å². The van der Waals surface area contributed by atoms with E-state index >= 15 is 0 Å². The van der Waals surface area contributed by atoms with Crippen LogP contribution in [0.2, 0.25) is 0 Å². The van der Waals surface area contributed by atoms with Gasteiger partial charge in [0.2, 0.25) is 0 Å². The molecule has 5 aromatic carbocycles. The maximum absolute atomic E-state index is 13.4. The first-order valence-electron chi connectivity index (χ1n) is 12.2. The number of carbonyl (C=O) groups excluding carboxylic acids is 2. The van der Waals surface area contributed by atoms with Crippen molar-refractivity contribution in [2.24, 2.45) is 0 Å². The van der Waals surface area contributed by atoms with Crippen LogP contribution in [0.15, 0.2) is 109 Å². The second-order valence-corrected chi connectivity index (χ2v) is 9.16. The van der Waals surface area contributed by atoms with E-state index in [1.54, 1.807) is 24.3 Å². The zero-order valence-corrected chi connectivity index (χ0v) is 20.5. The summed E-state index contributed by atoms with van der Waals surface area (Å²) in [6.45, 7) is 0. The Labute approximate surface area is 222 Å². The molecule has 1 aromatic heterocycles. The van der Waals surface area contributed by atoms with Gasteiger partial charge in [0.25, 0.3) is 0 Å². The molecule has 186 valence electrons. The molecule has 0 aliphatic heterocycles. The van der Waals surface area contributed by atoms with Gasteiger partial charge in [-0.1, -0.05) is 5.92 Å². The highest BCUT2D eigenvalue weighted by molar-refractivity contribution is 6.17. The van der Waals surface area contributed by atoms with Gasteiger partial charge in [-0.15, -0.1) is 6.42 Å². The fourth-order valence-electron chi connectivity index (χ4n) is 4.83. The summed E-state index contributed by atoms with van der Waals surface area (Å²) in [7, 11) is 0. The van der Waals surface area contributed by atoms with E-state index in [1.807, 2.05) is 41.0 Å². The quantitative estimate of drug-likeness (QED) is 0.178. The van der Waals surface area contributed by atoms with E-state index in [0.717, 1.165) is 33.1 Å². The van der Waals surface area contributed by atoms with Crippen LogP contribution in [-0.2, 0) is 0 Å². The van der Waals surface area contributed by atoms with E-state index in [9.17, 15) is 18.4 Å². The van der Waals surface area contributed by atoms with E-state index in [4.69, 9.17) is 6.42 Å². The summed E-state index contributed by atoms with van der Waals surface area (Å²) in [6.07, 6.45) is 5.54. The lowest BCUT2D eigenvalue weighted by Gasteiger charge is -2.09. The molecule has 5 heteroatoms. The van der Waals surface area contributed by atoms with Crippen molar-refractivity contribution in [2.75, 3.05) is 0 Å². The van der Waals surface area contributed by atoms with Crippen molar-refractivity contribution in [3.8, 4) is 18.0 Å². The van der Waals surface area contributed by atoms with Crippen molar-refractivity contribution in [1.82, 2.24) is 4.57 Å². The molecule has 0 saturated carbocycles. The Bertz CT molecular complexity index is 1830. The molecule has 0 saturated heterocycles. The fourth-order valence-corrected chi connectivity index (χ4v) is 4.83. The number of rotatable bonds is 5. The van der Waals surface area contributed by atoms with Gasteiger partial charge in [-0.3, -0.25) is 9.59 Å². The number of halogens is 2. The van der Waals surface area contributed by atoms with Crippen LogP contribution in [0.5, 0.6) is 0 Å². The molecule has 0 atom stereocenters. The van der Waals surface area contributed by atoms with E-state index < -0.39 is 11.6 Å². The Balaban J connectivity index is 1.56. The van der Waals surface area contributed by atoms with Gasteiger partial charge in [0, 0.05) is 44.3 Å². The molecule has 0 fully saturated rings. The lowest BCUT2D eigenvalue weighted by molar-refractivity contribution is 0.103. The van der Waals surface area contributed by atoms with Gasteiger partial charge in [-0.05, 0) is 109 Å². The first-order chi connectivity index (χ1) is 18.9. The minimum absolute atomic E-state index is 0.241. The van der Waals surface area contributed by atoms with E-state index in [-0.39, 0.29) is 11.6 Å². The molecule has 0 radical (unpaired) electrons. The molecular weight excluding hydrogens is 492 g/mol. The number of carbonyl (C=O) groups is 2. The number of nitrogens with zero attached hydrogens (tertiary/aromatic N) is 1. The Morgan fingerprint density at radius 2 is 0.974 bits per heavy atom. The molecule has 6 aromatic rings. The number of terminal acetylenes is 1. The Morgan fingerprint density at radius 3 is 1.38 bits per heavy atom. The van der Waals surface area contributed by atoms with Gasteiger partial charge in [-0.2, -0.15) is 0 Å². The Morgan fingerprint density at radius 1 is 0.564 bits per heavy atom. The van der Waals surface area contributed by atoms with Crippen LogP contribution in [0.25, 0.3) is 27.5 Å². The number of benzene rings is 5. The zero-order chi connectivity index (χ0) is 27.1. The standard InChI is InChI=1S/C34H19F2NO2/c1-2-21-3-15-28(16-4-21)37-31-17-9-24(33(38)22-5-11-26(35)12-6-22)19-29(31)30-20-25(10-18-32(30)37)34(39)23-7-13-27(36)14-8-23/h1,3-20H. The van der Waals surface area contributed by atoms with E-state index in [1.165, 1.54) is 48.5 Å². The summed E-state index contributed by atoms with van der Waals surface area (Å²) in [6, 6.07) is 29.2. The minimum atomic E-state index is -0.417. The van der Waals surface area contributed by atoms with Crippen LogP contribution in [-0.4, -0.2) is 16.1 Å². The summed E-state index contributed by atoms with van der Waals surface area (Å²) in [5.41, 5.74) is 4.90. The van der Waals surface area contributed by atoms with Crippen LogP contribution in [0.1, 0.15) is 37.4 Å². The molecule has 0 unspecified atom stereocenters. The van der Waals surface area contributed by atoms with E-state index in [0.29, 0.717) is 22.3 Å². The summed E-state index contributed by atoms with van der Waals surface area (Å²) in [5, 5.41) is 1.54. The predicted octanol–water partition coefficient (Wildman–Crippen LogP) is 7.51. The van der Waals surface area contributed by atoms with Gasteiger partial charge in [0.1, 0.15) is 11.6 Å². The van der Waals surface area contributed by atoms with Crippen LogP contribution < -0.4 is 0 Å². The average molecular weight is 512 g/mol. The second-order valence-electron chi connectivity index (χ2n) is 9.16. The highest BCUT2D eigenvalue weighted by Gasteiger charge is 2.18. The molecule has 0 aliphatic carbocycles. The van der Waals surface area contributed by atoms with Crippen molar-refractivity contribution in [3.63, 3.8) is 0 Å². The molecule has 0 bridgehead atoms. The van der Waals surface area contributed by atoms with Crippen LogP contribution >= 0.6 is 0 Å². The summed E-state index contributed by atoms with van der Waals surface area (Å²) < 4.78 is 28.9. The van der Waals surface area contributed by atoms with Crippen molar-refractivity contribution < 1.29 is 18.4 Å². The van der Waals surface area contributed by atoms with Crippen molar-refractivity contribution in [3.05, 3.63) is 149 Å². The number of hydrogen-bond acceptors (Lipinski definition) is 2. The van der Waals surface area contributed by atoms with Gasteiger partial charge < -0.3 is 4.57 Å². The number of ketones is 2. The number of hydrogen-bond donors (Lipinski definition) is 0. The molecule has 6 rings (SSSR count). The maximum Gasteiger partial charge on any atom is 0.193 e. The lowest BCUT2D eigenvalue weighted by atomic mass is 9.99. The highest BCUT2D eigenvalue weighted by atomic mass is 19.1. The fraction of sp³-hybridized carbons (Fsp3) is 0. The van der Waals surface area contributed by atoms with Crippen molar-refractivity contribution >= 4 is 33.4 Å². The van der Waals surface area contributed by atoms with Crippen molar-refractivity contribution in [2.45, 2.75) is 0 Å². The molecule has 3 nitrogen and oxygen atoms in total. The number of fused-ring (bicyclic) bond motifs is 3. The first kappa shape index (κ1) is 24.0. The van der Waals surface area contributed by atoms with E-state index in [2.05, 4.69) is 5.92 Å². The maximum atomic E-state index is 13.4. The zero-order valence-electron chi connectivity index (χ0n) is 20.5. The minimum Gasteiger partial charge on any atom is -0.309 e. The largest absolute Gasteiger partial charge is 0.309 e. The third-order valence-corrected chi connectivity index (χ3v) is 6.79. The molecular formula is C34H19F2NO2. The summed E-state index contributed by atoms with van der Waals surface area (Å²) in [4.78, 5) is 26.5. The lowest BCUT2D eigenvalue weighted by Crippen LogP contribution is -2.01. The molecule has 0 N–H and O–H groups in total. The second kappa shape index (κ2) is 9.51. The summed E-state index contributed by atoms with van der Waals surface area (Å²) >= 11 is 0.